The molecule has 1 aromatic carbocycles. The minimum Gasteiger partial charge on any atom is -0.316 e. The van der Waals surface area contributed by atoms with Crippen molar-refractivity contribution in [1.29, 1.82) is 0 Å². The Morgan fingerprint density at radius 2 is 1.93 bits per heavy atom. The summed E-state index contributed by atoms with van der Waals surface area (Å²) < 4.78 is 37.5. The quantitative estimate of drug-likeness (QED) is 0.868. The second-order valence-corrected chi connectivity index (χ2v) is 3.79. The van der Waals surface area contributed by atoms with Crippen LogP contribution in [-0.2, 0) is 12.7 Å². The molecule has 0 bridgehead atoms. The number of rotatable bonds is 2. The first-order valence-corrected chi connectivity index (χ1v) is 4.74. The molecule has 0 aromatic heterocycles. The Hall–Kier alpha value is -0.550. The number of nitrogens with one attached hydrogen (secondary N) is 1. The first-order chi connectivity index (χ1) is 6.43. The highest BCUT2D eigenvalue weighted by Gasteiger charge is 2.30. The summed E-state index contributed by atoms with van der Waals surface area (Å²) in [6.07, 6.45) is -4.29. The lowest BCUT2D eigenvalue weighted by molar-refractivity contribution is -0.137. The lowest BCUT2D eigenvalue weighted by atomic mass is 10.1. The van der Waals surface area contributed by atoms with Gasteiger partial charge in [0.1, 0.15) is 0 Å². The molecule has 1 N–H and O–H groups in total. The Bertz CT molecular complexity index is 322. The molecule has 78 valence electrons. The molecule has 0 heterocycles. The van der Waals surface area contributed by atoms with Crippen molar-refractivity contribution in [3.63, 3.8) is 0 Å². The van der Waals surface area contributed by atoms with E-state index in [-0.39, 0.29) is 0 Å². The van der Waals surface area contributed by atoms with Crippen LogP contribution in [0, 0.1) is 0 Å². The zero-order chi connectivity index (χ0) is 10.8. The molecule has 0 saturated carbocycles. The van der Waals surface area contributed by atoms with Gasteiger partial charge in [0.05, 0.1) is 5.56 Å². The van der Waals surface area contributed by atoms with Gasteiger partial charge >= 0.3 is 6.18 Å². The fraction of sp³-hybridized carbons (Fsp3) is 0.333. The molecular formula is C9H9BrF3N. The summed E-state index contributed by atoms with van der Waals surface area (Å²) in [6.45, 7) is 0.419. The fourth-order valence-electron chi connectivity index (χ4n) is 1.12. The molecule has 0 radical (unpaired) electrons. The van der Waals surface area contributed by atoms with Crippen molar-refractivity contribution in [2.75, 3.05) is 7.05 Å². The molecule has 0 amide bonds. The summed E-state index contributed by atoms with van der Waals surface area (Å²) in [5.74, 6) is 0. The third-order valence-corrected chi connectivity index (χ3v) is 2.12. The smallest absolute Gasteiger partial charge is 0.316 e. The maximum Gasteiger partial charge on any atom is 0.416 e. The number of alkyl halides is 3. The molecule has 0 unspecified atom stereocenters. The van der Waals surface area contributed by atoms with E-state index in [4.69, 9.17) is 0 Å². The van der Waals surface area contributed by atoms with Gasteiger partial charge in [0.15, 0.2) is 0 Å². The van der Waals surface area contributed by atoms with Gasteiger partial charge in [-0.3, -0.25) is 0 Å². The van der Waals surface area contributed by atoms with Crippen LogP contribution in [0.25, 0.3) is 0 Å². The Labute approximate surface area is 88.4 Å². The maximum absolute atomic E-state index is 12.3. The summed E-state index contributed by atoms with van der Waals surface area (Å²) >= 11 is 3.05. The van der Waals surface area contributed by atoms with Crippen LogP contribution in [0.15, 0.2) is 22.7 Å². The second kappa shape index (κ2) is 4.31. The monoisotopic (exact) mass is 267 g/mol. The molecule has 1 rings (SSSR count). The van der Waals surface area contributed by atoms with Crippen molar-refractivity contribution in [1.82, 2.24) is 5.32 Å². The average Bonchev–Trinajstić information content (AvgIpc) is 2.02. The summed E-state index contributed by atoms with van der Waals surface area (Å²) in [7, 11) is 1.69. The van der Waals surface area contributed by atoms with Crippen molar-refractivity contribution in [2.45, 2.75) is 12.7 Å². The van der Waals surface area contributed by atoms with Gasteiger partial charge in [-0.2, -0.15) is 13.2 Å². The van der Waals surface area contributed by atoms with Crippen LogP contribution in [0.5, 0.6) is 0 Å². The van der Waals surface area contributed by atoms with E-state index < -0.39 is 11.7 Å². The van der Waals surface area contributed by atoms with E-state index in [2.05, 4.69) is 21.2 Å². The highest BCUT2D eigenvalue weighted by Crippen LogP contribution is 2.31. The fourth-order valence-corrected chi connectivity index (χ4v) is 1.66. The van der Waals surface area contributed by atoms with Gasteiger partial charge in [-0.1, -0.05) is 15.9 Å². The average molecular weight is 268 g/mol. The van der Waals surface area contributed by atoms with Crippen molar-refractivity contribution >= 4 is 15.9 Å². The van der Waals surface area contributed by atoms with Gasteiger partial charge in [-0.15, -0.1) is 0 Å². The topological polar surface area (TPSA) is 12.0 Å². The standard InChI is InChI=1S/C9H9BrF3N/c1-14-5-6-2-7(9(11,12)13)4-8(10)3-6/h2-4,14H,5H2,1H3. The minimum absolute atomic E-state index is 0.419. The van der Waals surface area contributed by atoms with E-state index in [1.807, 2.05) is 0 Å². The predicted molar refractivity (Wildman–Crippen MR) is 51.9 cm³/mol. The van der Waals surface area contributed by atoms with Gasteiger partial charge in [0.25, 0.3) is 0 Å². The third-order valence-electron chi connectivity index (χ3n) is 1.67. The number of hydrogen-bond donors (Lipinski definition) is 1. The summed E-state index contributed by atoms with van der Waals surface area (Å²) in [4.78, 5) is 0. The molecule has 0 spiro atoms. The van der Waals surface area contributed by atoms with Crippen LogP contribution in [0.2, 0.25) is 0 Å². The van der Waals surface area contributed by atoms with Gasteiger partial charge in [-0.25, -0.2) is 0 Å². The van der Waals surface area contributed by atoms with Crippen LogP contribution in [0.4, 0.5) is 13.2 Å². The molecular weight excluding hydrogens is 259 g/mol. The van der Waals surface area contributed by atoms with Crippen molar-refractivity contribution < 1.29 is 13.2 Å². The lowest BCUT2D eigenvalue weighted by Gasteiger charge is -2.09. The van der Waals surface area contributed by atoms with E-state index in [1.54, 1.807) is 13.1 Å². The first-order valence-electron chi connectivity index (χ1n) is 3.95. The maximum atomic E-state index is 12.3. The molecule has 1 aromatic rings. The molecule has 0 aliphatic heterocycles. The van der Waals surface area contributed by atoms with Gasteiger partial charge in [-0.05, 0) is 30.8 Å². The van der Waals surface area contributed by atoms with Gasteiger partial charge < -0.3 is 5.32 Å². The third kappa shape index (κ3) is 2.99. The lowest BCUT2D eigenvalue weighted by Crippen LogP contribution is -2.09. The van der Waals surface area contributed by atoms with E-state index in [1.165, 1.54) is 0 Å². The Morgan fingerprint density at radius 3 is 2.43 bits per heavy atom. The van der Waals surface area contributed by atoms with Crippen molar-refractivity contribution in [3.8, 4) is 0 Å². The molecule has 14 heavy (non-hydrogen) atoms. The van der Waals surface area contributed by atoms with Crippen molar-refractivity contribution in [3.05, 3.63) is 33.8 Å². The molecule has 0 saturated heterocycles. The van der Waals surface area contributed by atoms with Crippen LogP contribution in [-0.4, -0.2) is 7.05 Å². The van der Waals surface area contributed by atoms with Crippen LogP contribution >= 0.6 is 15.9 Å². The highest BCUT2D eigenvalue weighted by molar-refractivity contribution is 9.10. The van der Waals surface area contributed by atoms with E-state index in [9.17, 15) is 13.2 Å². The predicted octanol–water partition coefficient (Wildman–Crippen LogP) is 3.19. The largest absolute Gasteiger partial charge is 0.416 e. The molecule has 0 atom stereocenters. The minimum atomic E-state index is -4.29. The van der Waals surface area contributed by atoms with Crippen LogP contribution in [0.1, 0.15) is 11.1 Å². The molecule has 0 fully saturated rings. The highest BCUT2D eigenvalue weighted by atomic mass is 79.9. The molecule has 0 aliphatic rings. The number of benzene rings is 1. The normalized spacial score (nSPS) is 11.8. The summed E-state index contributed by atoms with van der Waals surface area (Å²) in [5, 5.41) is 2.80. The zero-order valence-corrected chi connectivity index (χ0v) is 9.04. The summed E-state index contributed by atoms with van der Waals surface area (Å²) in [6, 6.07) is 3.87. The first kappa shape index (κ1) is 11.5. The van der Waals surface area contributed by atoms with E-state index >= 15 is 0 Å². The van der Waals surface area contributed by atoms with E-state index in [0.29, 0.717) is 16.6 Å². The van der Waals surface area contributed by atoms with Crippen molar-refractivity contribution in [2.24, 2.45) is 0 Å². The SMILES string of the molecule is CNCc1cc(Br)cc(C(F)(F)F)c1. The Balaban J connectivity index is 3.07. The molecule has 0 aliphatic carbocycles. The summed E-state index contributed by atoms with van der Waals surface area (Å²) in [5.41, 5.74) is -0.0219. The zero-order valence-electron chi connectivity index (χ0n) is 7.45. The van der Waals surface area contributed by atoms with Crippen LogP contribution < -0.4 is 5.32 Å². The number of hydrogen-bond acceptors (Lipinski definition) is 1. The van der Waals surface area contributed by atoms with Gasteiger partial charge in [0.2, 0.25) is 0 Å². The second-order valence-electron chi connectivity index (χ2n) is 2.88. The van der Waals surface area contributed by atoms with Crippen LogP contribution in [0.3, 0.4) is 0 Å². The van der Waals surface area contributed by atoms with E-state index in [0.717, 1.165) is 12.1 Å². The Morgan fingerprint density at radius 1 is 1.29 bits per heavy atom. The molecule has 1 nitrogen and oxygen atoms in total. The number of halogens is 4. The Kier molecular flexibility index (Phi) is 3.55. The molecule has 5 heteroatoms. The van der Waals surface area contributed by atoms with Gasteiger partial charge in [0, 0.05) is 11.0 Å².